The van der Waals surface area contributed by atoms with Gasteiger partial charge in [0, 0.05) is 30.0 Å². The Kier molecular flexibility index (Phi) is 3.58. The molecule has 1 N–H and O–H groups in total. The lowest BCUT2D eigenvalue weighted by Crippen LogP contribution is -2.50. The van der Waals surface area contributed by atoms with E-state index < -0.39 is 0 Å². The molecule has 2 atom stereocenters. The predicted molar refractivity (Wildman–Crippen MR) is 96.9 cm³/mol. The summed E-state index contributed by atoms with van der Waals surface area (Å²) in [5.41, 5.74) is 5.04. The Hall–Kier alpha value is -2.40. The van der Waals surface area contributed by atoms with Gasteiger partial charge in [-0.3, -0.25) is 4.48 Å². The van der Waals surface area contributed by atoms with Crippen molar-refractivity contribution in [3.05, 3.63) is 41.0 Å². The Morgan fingerprint density at radius 2 is 1.56 bits per heavy atom. The first-order valence-electron chi connectivity index (χ1n) is 8.52. The second-order valence-electron chi connectivity index (χ2n) is 7.02. The summed E-state index contributed by atoms with van der Waals surface area (Å²) in [6.07, 6.45) is 1.87. The van der Waals surface area contributed by atoms with Gasteiger partial charge in [0.25, 0.3) is 0 Å². The summed E-state index contributed by atoms with van der Waals surface area (Å²) in [6, 6.07) is 8.36. The van der Waals surface area contributed by atoms with E-state index in [2.05, 4.69) is 19.2 Å². The molecule has 0 spiro atoms. The number of hydrogen-bond acceptors (Lipinski definition) is 4. The molecule has 2 heterocycles. The maximum absolute atomic E-state index is 10.3. The molecular weight excluding hydrogens is 318 g/mol. The molecule has 2 unspecified atom stereocenters. The molecule has 0 bridgehead atoms. The van der Waals surface area contributed by atoms with Gasteiger partial charge in [-0.25, -0.2) is 0 Å². The van der Waals surface area contributed by atoms with Gasteiger partial charge in [-0.15, -0.1) is 0 Å². The molecule has 0 radical (unpaired) electrons. The zero-order valence-corrected chi connectivity index (χ0v) is 15.1. The van der Waals surface area contributed by atoms with Gasteiger partial charge in [0.05, 0.1) is 34.9 Å². The van der Waals surface area contributed by atoms with Crippen molar-refractivity contribution >= 4 is 5.69 Å². The van der Waals surface area contributed by atoms with Crippen LogP contribution in [-0.2, 0) is 12.8 Å². The number of nitrogens with zero attached hydrogens (tertiary/aromatic N) is 1. The molecule has 0 saturated heterocycles. The Labute approximate surface area is 148 Å². The van der Waals surface area contributed by atoms with Gasteiger partial charge in [-0.2, -0.15) is 0 Å². The number of quaternary nitrogens is 1. The second kappa shape index (κ2) is 5.56. The van der Waals surface area contributed by atoms with Crippen LogP contribution >= 0.6 is 0 Å². The third kappa shape index (κ3) is 2.19. The zero-order valence-electron chi connectivity index (χ0n) is 15.1. The van der Waals surface area contributed by atoms with E-state index in [0.717, 1.165) is 35.4 Å². The first-order chi connectivity index (χ1) is 12.0. The van der Waals surface area contributed by atoms with E-state index in [1.165, 1.54) is 22.4 Å². The number of benzene rings is 2. The summed E-state index contributed by atoms with van der Waals surface area (Å²) < 4.78 is 17.1. The molecule has 0 fully saturated rings. The van der Waals surface area contributed by atoms with Crippen molar-refractivity contribution < 1.29 is 19.3 Å². The van der Waals surface area contributed by atoms with Gasteiger partial charge in [0.1, 0.15) is 11.7 Å². The molecule has 2 aliphatic heterocycles. The largest absolute Gasteiger partial charge is 0.504 e. The van der Waals surface area contributed by atoms with Gasteiger partial charge in [0.2, 0.25) is 0 Å². The van der Waals surface area contributed by atoms with Crippen LogP contribution in [0.25, 0.3) is 0 Å². The summed E-state index contributed by atoms with van der Waals surface area (Å²) in [4.78, 5) is 0. The highest BCUT2D eigenvalue weighted by molar-refractivity contribution is 5.66. The van der Waals surface area contributed by atoms with Crippen molar-refractivity contribution in [1.82, 2.24) is 4.48 Å². The number of likely N-dealkylation sites (N-methyl/N-ethyl adjacent to an activating group) is 1. The smallest absolute Gasteiger partial charge is 0.166 e. The summed E-state index contributed by atoms with van der Waals surface area (Å²) >= 11 is 0. The summed E-state index contributed by atoms with van der Waals surface area (Å²) in [5.74, 6) is 2.30. The van der Waals surface area contributed by atoms with Crippen LogP contribution in [0.3, 0.4) is 0 Å². The van der Waals surface area contributed by atoms with Crippen LogP contribution < -0.4 is 18.7 Å². The minimum absolute atomic E-state index is 0.209. The maximum atomic E-state index is 10.3. The molecule has 2 aliphatic rings. The molecule has 0 amide bonds. The Morgan fingerprint density at radius 3 is 2.24 bits per heavy atom. The van der Waals surface area contributed by atoms with E-state index in [9.17, 15) is 5.11 Å². The van der Waals surface area contributed by atoms with Crippen molar-refractivity contribution in [2.75, 3.05) is 34.9 Å². The molecule has 0 aromatic heterocycles. The topological polar surface area (TPSA) is 47.9 Å². The standard InChI is InChI=1S/C20H23NO4/c1-21-6-5-12-8-18(23-2)17(22)10-14(12)16(21)7-13-9-19(24-3)20(25-4)11-15(13)21/h8-11,16H,5-7H2,1-4H3/p+1. The number of hydrogen-bond donors (Lipinski definition) is 1. The van der Waals surface area contributed by atoms with Gasteiger partial charge in [0.15, 0.2) is 23.0 Å². The third-order valence-electron chi connectivity index (χ3n) is 5.88. The molecule has 2 aromatic carbocycles. The average Bonchev–Trinajstić information content (AvgIpc) is 2.92. The van der Waals surface area contributed by atoms with Crippen LogP contribution in [0.2, 0.25) is 0 Å². The maximum Gasteiger partial charge on any atom is 0.166 e. The first-order valence-corrected chi connectivity index (χ1v) is 8.52. The van der Waals surface area contributed by atoms with E-state index in [1.807, 2.05) is 12.1 Å². The van der Waals surface area contributed by atoms with E-state index in [-0.39, 0.29) is 11.8 Å². The third-order valence-corrected chi connectivity index (χ3v) is 5.88. The number of phenolic OH excluding ortho intramolecular Hbond substituents is 1. The number of ether oxygens (including phenoxy) is 3. The fourth-order valence-electron chi connectivity index (χ4n) is 4.49. The minimum atomic E-state index is 0.209. The monoisotopic (exact) mass is 342 g/mol. The molecule has 5 heteroatoms. The van der Waals surface area contributed by atoms with Crippen LogP contribution in [-0.4, -0.2) is 40.0 Å². The Bertz CT molecular complexity index is 848. The highest BCUT2D eigenvalue weighted by Crippen LogP contribution is 2.52. The fraction of sp³-hybridized carbons (Fsp3) is 0.400. The Balaban J connectivity index is 1.85. The normalized spacial score (nSPS) is 23.4. The summed E-state index contributed by atoms with van der Waals surface area (Å²) in [7, 11) is 7.20. The Morgan fingerprint density at radius 1 is 0.920 bits per heavy atom. The molecular formula is C20H24NO4+. The van der Waals surface area contributed by atoms with Crippen molar-refractivity contribution in [2.45, 2.75) is 18.9 Å². The lowest BCUT2D eigenvalue weighted by molar-refractivity contribution is 0.251. The number of fused-ring (bicyclic) bond motifs is 5. The number of methoxy groups -OCH3 is 3. The lowest BCUT2D eigenvalue weighted by atomic mass is 9.90. The molecule has 4 rings (SSSR count). The molecule has 0 aliphatic carbocycles. The average molecular weight is 342 g/mol. The van der Waals surface area contributed by atoms with E-state index in [1.54, 1.807) is 21.3 Å². The number of aromatic hydroxyl groups is 1. The SMILES string of the molecule is COc1cc2c(cc1O)C1Cc3cc(OC)c(OC)cc3[N+]1(C)CC2. The molecule has 5 nitrogen and oxygen atoms in total. The van der Waals surface area contributed by atoms with E-state index in [4.69, 9.17) is 14.2 Å². The quantitative estimate of drug-likeness (QED) is 0.870. The van der Waals surface area contributed by atoms with Crippen molar-refractivity contribution in [2.24, 2.45) is 0 Å². The minimum Gasteiger partial charge on any atom is -0.504 e. The second-order valence-corrected chi connectivity index (χ2v) is 7.02. The molecule has 0 saturated carbocycles. The number of phenols is 1. The van der Waals surface area contributed by atoms with Crippen LogP contribution in [0.1, 0.15) is 22.7 Å². The van der Waals surface area contributed by atoms with Crippen LogP contribution in [0, 0.1) is 0 Å². The first kappa shape index (κ1) is 16.1. The predicted octanol–water partition coefficient (Wildman–Crippen LogP) is 3.21. The molecule has 132 valence electrons. The van der Waals surface area contributed by atoms with E-state index in [0.29, 0.717) is 5.75 Å². The van der Waals surface area contributed by atoms with Crippen molar-refractivity contribution in [3.8, 4) is 23.0 Å². The van der Waals surface area contributed by atoms with Crippen molar-refractivity contribution in [1.29, 1.82) is 0 Å². The van der Waals surface area contributed by atoms with Crippen LogP contribution in [0.15, 0.2) is 24.3 Å². The van der Waals surface area contributed by atoms with Crippen molar-refractivity contribution in [3.63, 3.8) is 0 Å². The highest BCUT2D eigenvalue weighted by atomic mass is 16.5. The number of rotatable bonds is 3. The fourth-order valence-corrected chi connectivity index (χ4v) is 4.49. The summed E-state index contributed by atoms with van der Waals surface area (Å²) in [5, 5.41) is 10.3. The lowest BCUT2D eigenvalue weighted by Gasteiger charge is -2.41. The summed E-state index contributed by atoms with van der Waals surface area (Å²) in [6.45, 7) is 1.01. The van der Waals surface area contributed by atoms with Gasteiger partial charge in [-0.1, -0.05) is 0 Å². The van der Waals surface area contributed by atoms with Crippen LogP contribution in [0.5, 0.6) is 23.0 Å². The highest BCUT2D eigenvalue weighted by Gasteiger charge is 2.48. The van der Waals surface area contributed by atoms with Gasteiger partial charge < -0.3 is 19.3 Å². The molecule has 2 aromatic rings. The molecule has 25 heavy (non-hydrogen) atoms. The zero-order chi connectivity index (χ0) is 17.8. The van der Waals surface area contributed by atoms with Crippen LogP contribution in [0.4, 0.5) is 5.69 Å². The van der Waals surface area contributed by atoms with E-state index >= 15 is 0 Å². The van der Waals surface area contributed by atoms with Gasteiger partial charge >= 0.3 is 0 Å². The van der Waals surface area contributed by atoms with Gasteiger partial charge in [-0.05, 0) is 23.8 Å².